The summed E-state index contributed by atoms with van der Waals surface area (Å²) in [6.07, 6.45) is 4.60. The largest absolute Gasteiger partial charge is 0.354 e. The quantitative estimate of drug-likeness (QED) is 0.504. The summed E-state index contributed by atoms with van der Waals surface area (Å²) < 4.78 is 0. The van der Waals surface area contributed by atoms with Crippen LogP contribution >= 0.6 is 0 Å². The Morgan fingerprint density at radius 3 is 2.71 bits per heavy atom. The summed E-state index contributed by atoms with van der Waals surface area (Å²) >= 11 is 0. The lowest BCUT2D eigenvalue weighted by Crippen LogP contribution is -2.42. The van der Waals surface area contributed by atoms with Gasteiger partial charge in [-0.15, -0.1) is 0 Å². The lowest BCUT2D eigenvalue weighted by molar-refractivity contribution is -0.126. The first kappa shape index (κ1) is 13.4. The van der Waals surface area contributed by atoms with Crippen LogP contribution in [0.1, 0.15) is 32.6 Å². The highest BCUT2D eigenvalue weighted by Gasteiger charge is 2.27. The predicted octanol–water partition coefficient (Wildman–Crippen LogP) is 0.961. The van der Waals surface area contributed by atoms with Crippen molar-refractivity contribution in [3.8, 4) is 0 Å². The molecule has 0 heterocycles. The Balaban J connectivity index is 2.48. The number of nitrogens with one attached hydrogen (secondary N) is 3. The molecule has 1 rings (SSSR count). The zero-order valence-corrected chi connectivity index (χ0v) is 10.1. The second kappa shape index (κ2) is 6.18. The van der Waals surface area contributed by atoms with Gasteiger partial charge < -0.3 is 10.6 Å². The van der Waals surface area contributed by atoms with Gasteiger partial charge in [-0.2, -0.15) is 0 Å². The molecule has 3 N–H and O–H groups in total. The van der Waals surface area contributed by atoms with Gasteiger partial charge in [0.2, 0.25) is 11.8 Å². The van der Waals surface area contributed by atoms with Crippen molar-refractivity contribution >= 4 is 17.6 Å². The molecule has 0 aliphatic heterocycles. The maximum atomic E-state index is 11.8. The average Bonchev–Trinajstić information content (AvgIpc) is 2.28. The van der Waals surface area contributed by atoms with E-state index in [0.29, 0.717) is 6.42 Å². The molecule has 0 bridgehead atoms. The first-order valence-electron chi connectivity index (χ1n) is 5.82. The molecule has 1 saturated carbocycles. The zero-order chi connectivity index (χ0) is 12.8. The van der Waals surface area contributed by atoms with E-state index >= 15 is 0 Å². The van der Waals surface area contributed by atoms with Crippen LogP contribution in [0.3, 0.4) is 0 Å². The Morgan fingerprint density at radius 2 is 2.12 bits per heavy atom. The van der Waals surface area contributed by atoms with Crippen molar-refractivity contribution in [3.63, 3.8) is 0 Å². The second-order valence-corrected chi connectivity index (χ2v) is 4.37. The Morgan fingerprint density at radius 1 is 1.41 bits per heavy atom. The van der Waals surface area contributed by atoms with Gasteiger partial charge >= 0.3 is 0 Å². The predicted molar refractivity (Wildman–Crippen MR) is 65.6 cm³/mol. The summed E-state index contributed by atoms with van der Waals surface area (Å²) in [5.41, 5.74) is 0. The lowest BCUT2D eigenvalue weighted by atomic mass is 9.85. The maximum Gasteiger partial charge on any atom is 0.228 e. The third kappa shape index (κ3) is 4.38. The highest BCUT2D eigenvalue weighted by molar-refractivity contribution is 6.02. The van der Waals surface area contributed by atoms with E-state index in [-0.39, 0.29) is 29.6 Å². The van der Waals surface area contributed by atoms with Gasteiger partial charge in [0.05, 0.1) is 0 Å². The van der Waals surface area contributed by atoms with Crippen LogP contribution in [-0.4, -0.2) is 23.7 Å². The summed E-state index contributed by atoms with van der Waals surface area (Å²) in [5, 5.41) is 12.7. The topological polar surface area (TPSA) is 82.1 Å². The van der Waals surface area contributed by atoms with Gasteiger partial charge in [-0.3, -0.25) is 15.0 Å². The molecule has 0 aromatic rings. The van der Waals surface area contributed by atoms with Crippen molar-refractivity contribution in [2.75, 3.05) is 0 Å². The van der Waals surface area contributed by atoms with Crippen LogP contribution in [0, 0.1) is 11.3 Å². The first-order chi connectivity index (χ1) is 8.02. The van der Waals surface area contributed by atoms with Gasteiger partial charge in [-0.25, -0.2) is 0 Å². The Hall–Kier alpha value is -1.65. The van der Waals surface area contributed by atoms with E-state index in [0.717, 1.165) is 19.3 Å². The van der Waals surface area contributed by atoms with Crippen molar-refractivity contribution in [2.45, 2.75) is 38.6 Å². The van der Waals surface area contributed by atoms with Crippen molar-refractivity contribution in [1.29, 1.82) is 5.41 Å². The first-order valence-corrected chi connectivity index (χ1v) is 5.82. The van der Waals surface area contributed by atoms with E-state index in [1.54, 1.807) is 0 Å². The fraction of sp³-hybridized carbons (Fsp3) is 0.583. The van der Waals surface area contributed by atoms with Gasteiger partial charge in [0, 0.05) is 18.9 Å². The summed E-state index contributed by atoms with van der Waals surface area (Å²) in [4.78, 5) is 22.7. The summed E-state index contributed by atoms with van der Waals surface area (Å²) in [5.74, 6) is -0.308. The van der Waals surface area contributed by atoms with Gasteiger partial charge in [0.25, 0.3) is 0 Å². The minimum Gasteiger partial charge on any atom is -0.354 e. The van der Waals surface area contributed by atoms with E-state index in [2.05, 4.69) is 17.2 Å². The average molecular weight is 237 g/mol. The number of amides is 2. The van der Waals surface area contributed by atoms with Crippen LogP contribution in [-0.2, 0) is 9.59 Å². The Bertz CT molecular complexity index is 339. The fourth-order valence-electron chi connectivity index (χ4n) is 2.13. The molecule has 0 spiro atoms. The van der Waals surface area contributed by atoms with E-state index in [1.165, 1.54) is 13.0 Å². The monoisotopic (exact) mass is 237 g/mol. The maximum absolute atomic E-state index is 11.8. The van der Waals surface area contributed by atoms with E-state index in [4.69, 9.17) is 5.41 Å². The smallest absolute Gasteiger partial charge is 0.228 e. The minimum atomic E-state index is -0.148. The third-order valence-electron chi connectivity index (χ3n) is 2.91. The molecular formula is C12H19N3O2. The lowest BCUT2D eigenvalue weighted by Gasteiger charge is -2.28. The van der Waals surface area contributed by atoms with Gasteiger partial charge in [0.1, 0.15) is 5.84 Å². The number of hydrogen-bond acceptors (Lipinski definition) is 3. The van der Waals surface area contributed by atoms with Gasteiger partial charge in [-0.05, 0) is 25.3 Å². The molecule has 0 radical (unpaired) electrons. The molecule has 1 unspecified atom stereocenters. The SMILES string of the molecule is C=CC(=N)NC(=O)[C@H]1CCCC(NC(C)=O)C1. The molecular weight excluding hydrogens is 218 g/mol. The zero-order valence-electron chi connectivity index (χ0n) is 10.1. The molecule has 1 aliphatic rings. The van der Waals surface area contributed by atoms with Crippen molar-refractivity contribution in [2.24, 2.45) is 5.92 Å². The van der Waals surface area contributed by atoms with Crippen molar-refractivity contribution < 1.29 is 9.59 Å². The standard InChI is InChI=1S/C12H19N3O2/c1-3-11(13)15-12(17)9-5-4-6-10(7-9)14-8(2)16/h3,9-10H,1,4-7H2,2H3,(H,14,16)(H2,13,15,17)/t9-,10?/m0/s1. The molecule has 17 heavy (non-hydrogen) atoms. The molecule has 5 heteroatoms. The number of amidine groups is 1. The molecule has 1 fully saturated rings. The van der Waals surface area contributed by atoms with Gasteiger partial charge in [-0.1, -0.05) is 13.0 Å². The van der Waals surface area contributed by atoms with Crippen LogP contribution in [0.2, 0.25) is 0 Å². The summed E-state index contributed by atoms with van der Waals surface area (Å²) in [6, 6.07) is 0.0786. The van der Waals surface area contributed by atoms with Crippen molar-refractivity contribution in [1.82, 2.24) is 10.6 Å². The van der Waals surface area contributed by atoms with Crippen LogP contribution in [0.5, 0.6) is 0 Å². The molecule has 2 atom stereocenters. The number of rotatable bonds is 3. The Kier molecular flexibility index (Phi) is 4.87. The second-order valence-electron chi connectivity index (χ2n) is 4.37. The molecule has 0 saturated heterocycles. The third-order valence-corrected chi connectivity index (χ3v) is 2.91. The molecule has 2 amide bonds. The summed E-state index contributed by atoms with van der Waals surface area (Å²) in [7, 11) is 0. The van der Waals surface area contributed by atoms with E-state index < -0.39 is 0 Å². The number of hydrogen-bond donors (Lipinski definition) is 3. The summed E-state index contributed by atoms with van der Waals surface area (Å²) in [6.45, 7) is 4.90. The van der Waals surface area contributed by atoms with E-state index in [9.17, 15) is 9.59 Å². The molecule has 1 aliphatic carbocycles. The van der Waals surface area contributed by atoms with Crippen LogP contribution in [0.15, 0.2) is 12.7 Å². The molecule has 5 nitrogen and oxygen atoms in total. The number of carbonyl (C=O) groups excluding carboxylic acids is 2. The van der Waals surface area contributed by atoms with Crippen LogP contribution < -0.4 is 10.6 Å². The normalized spacial score (nSPS) is 23.6. The van der Waals surface area contributed by atoms with Crippen molar-refractivity contribution in [3.05, 3.63) is 12.7 Å². The highest BCUT2D eigenvalue weighted by atomic mass is 16.2. The molecule has 0 aromatic carbocycles. The Labute approximate surface area is 101 Å². The fourth-order valence-corrected chi connectivity index (χ4v) is 2.13. The van der Waals surface area contributed by atoms with Gasteiger partial charge in [0.15, 0.2) is 0 Å². The minimum absolute atomic E-state index is 0.0247. The number of carbonyl (C=O) groups is 2. The van der Waals surface area contributed by atoms with Crippen LogP contribution in [0.4, 0.5) is 0 Å². The molecule has 0 aromatic heterocycles. The molecule has 94 valence electrons. The highest BCUT2D eigenvalue weighted by Crippen LogP contribution is 2.24. The van der Waals surface area contributed by atoms with Crippen LogP contribution in [0.25, 0.3) is 0 Å². The van der Waals surface area contributed by atoms with E-state index in [1.807, 2.05) is 0 Å².